The van der Waals surface area contributed by atoms with Crippen molar-refractivity contribution in [1.29, 1.82) is 0 Å². The number of rotatable bonds is 3. The van der Waals surface area contributed by atoms with Gasteiger partial charge in [-0.15, -0.1) is 0 Å². The monoisotopic (exact) mass is 387 g/mol. The van der Waals surface area contributed by atoms with Gasteiger partial charge in [-0.2, -0.15) is 18.3 Å². The van der Waals surface area contributed by atoms with Gasteiger partial charge in [-0.05, 0) is 42.0 Å². The summed E-state index contributed by atoms with van der Waals surface area (Å²) in [5.74, 6) is 0. The van der Waals surface area contributed by atoms with E-state index in [1.54, 1.807) is 0 Å². The summed E-state index contributed by atoms with van der Waals surface area (Å²) in [7, 11) is -3.93. The first kappa shape index (κ1) is 18.3. The molecule has 2 N–H and O–H groups in total. The summed E-state index contributed by atoms with van der Waals surface area (Å²) in [4.78, 5) is -0.178. The molecule has 1 aromatic heterocycles. The van der Waals surface area contributed by atoms with E-state index in [2.05, 4.69) is 5.10 Å². The van der Waals surface area contributed by atoms with Gasteiger partial charge < -0.3 is 0 Å². The third-order valence-electron chi connectivity index (χ3n) is 3.75. The van der Waals surface area contributed by atoms with E-state index < -0.39 is 28.1 Å². The van der Waals surface area contributed by atoms with Crippen LogP contribution >= 0.6 is 0 Å². The Labute approximate surface area is 146 Å². The summed E-state index contributed by atoms with van der Waals surface area (Å²) < 4.78 is 76.1. The molecular weight excluding hydrogens is 374 g/mol. The summed E-state index contributed by atoms with van der Waals surface area (Å²) in [5, 5.41) is 8.59. The Hall–Kier alpha value is -2.46. The Morgan fingerprint density at radius 3 is 2.35 bits per heavy atom. The van der Waals surface area contributed by atoms with Crippen molar-refractivity contribution in [3.63, 3.8) is 0 Å². The third-order valence-corrected chi connectivity index (χ3v) is 4.68. The molecule has 138 valence electrons. The molecule has 0 amide bonds. The van der Waals surface area contributed by atoms with E-state index in [1.165, 1.54) is 42.5 Å². The molecule has 1 aromatic carbocycles. The van der Waals surface area contributed by atoms with Crippen LogP contribution in [0.2, 0.25) is 0 Å². The lowest BCUT2D eigenvalue weighted by Crippen LogP contribution is -2.12. The standard InChI is InChI=1S/C16H13F4N3O2S/c17-11-3-1-10(2-4-11)14-9-15(16(18,19)20)22-23(14)12-5-7-13(8-6-12)26(21,24)25/h1-3,5-9,11H,4H2,(H2,21,24,25). The third kappa shape index (κ3) is 3.70. The summed E-state index contributed by atoms with van der Waals surface area (Å²) in [6.45, 7) is 0. The fraction of sp³-hybridized carbons (Fsp3) is 0.188. The van der Waals surface area contributed by atoms with Crippen LogP contribution in [0.5, 0.6) is 0 Å². The number of hydrogen-bond donors (Lipinski definition) is 1. The number of allylic oxidation sites excluding steroid dienone is 4. The highest BCUT2D eigenvalue weighted by molar-refractivity contribution is 7.89. The molecule has 5 nitrogen and oxygen atoms in total. The van der Waals surface area contributed by atoms with E-state index in [4.69, 9.17) is 5.14 Å². The molecule has 0 saturated carbocycles. The van der Waals surface area contributed by atoms with Gasteiger partial charge in [-0.25, -0.2) is 22.6 Å². The topological polar surface area (TPSA) is 78.0 Å². The lowest BCUT2D eigenvalue weighted by molar-refractivity contribution is -0.141. The molecule has 0 radical (unpaired) electrons. The van der Waals surface area contributed by atoms with Gasteiger partial charge in [0, 0.05) is 6.42 Å². The zero-order valence-corrected chi connectivity index (χ0v) is 13.9. The van der Waals surface area contributed by atoms with Crippen LogP contribution in [-0.4, -0.2) is 24.4 Å². The SMILES string of the molecule is NS(=O)(=O)c1ccc(-n2nc(C(F)(F)F)cc2C2=CCC(F)C=C2)cc1. The van der Waals surface area contributed by atoms with Gasteiger partial charge in [0.1, 0.15) is 6.17 Å². The number of halogens is 4. The number of hydrogen-bond acceptors (Lipinski definition) is 3. The van der Waals surface area contributed by atoms with E-state index in [1.807, 2.05) is 0 Å². The number of nitrogens with zero attached hydrogens (tertiary/aromatic N) is 2. The van der Waals surface area contributed by atoms with Gasteiger partial charge in [0.25, 0.3) is 0 Å². The summed E-state index contributed by atoms with van der Waals surface area (Å²) >= 11 is 0. The van der Waals surface area contributed by atoms with Gasteiger partial charge in [-0.1, -0.05) is 12.2 Å². The van der Waals surface area contributed by atoms with E-state index >= 15 is 0 Å². The fourth-order valence-electron chi connectivity index (χ4n) is 2.48. The van der Waals surface area contributed by atoms with Gasteiger partial charge in [0.05, 0.1) is 16.3 Å². The van der Waals surface area contributed by atoms with E-state index in [-0.39, 0.29) is 22.7 Å². The molecule has 1 aliphatic rings. The number of alkyl halides is 4. The average Bonchev–Trinajstić information content (AvgIpc) is 3.00. The van der Waals surface area contributed by atoms with Crippen molar-refractivity contribution in [2.45, 2.75) is 23.7 Å². The molecule has 0 fully saturated rings. The van der Waals surface area contributed by atoms with E-state index in [9.17, 15) is 26.0 Å². The van der Waals surface area contributed by atoms with Crippen molar-refractivity contribution in [3.8, 4) is 5.69 Å². The zero-order valence-electron chi connectivity index (χ0n) is 13.1. The zero-order chi connectivity index (χ0) is 19.1. The van der Waals surface area contributed by atoms with Gasteiger partial charge in [0.15, 0.2) is 5.69 Å². The smallest absolute Gasteiger partial charge is 0.243 e. The number of sulfonamides is 1. The Morgan fingerprint density at radius 1 is 1.19 bits per heavy atom. The van der Waals surface area contributed by atoms with Crippen LogP contribution in [-0.2, 0) is 16.2 Å². The van der Waals surface area contributed by atoms with Crippen LogP contribution in [0.4, 0.5) is 17.6 Å². The highest BCUT2D eigenvalue weighted by atomic mass is 32.2. The first-order valence-corrected chi connectivity index (χ1v) is 8.93. The second kappa shape index (κ2) is 6.36. The molecule has 0 saturated heterocycles. The second-order valence-corrected chi connectivity index (χ2v) is 7.19. The van der Waals surface area contributed by atoms with Crippen LogP contribution in [0.3, 0.4) is 0 Å². The van der Waals surface area contributed by atoms with Gasteiger partial charge in [0.2, 0.25) is 10.0 Å². The molecule has 1 aliphatic carbocycles. The normalized spacial score (nSPS) is 18.0. The quantitative estimate of drug-likeness (QED) is 0.822. The van der Waals surface area contributed by atoms with Crippen molar-refractivity contribution >= 4 is 15.6 Å². The van der Waals surface area contributed by atoms with Crippen molar-refractivity contribution in [2.75, 3.05) is 0 Å². The molecule has 26 heavy (non-hydrogen) atoms. The Balaban J connectivity index is 2.11. The van der Waals surface area contributed by atoms with Crippen LogP contribution < -0.4 is 5.14 Å². The Morgan fingerprint density at radius 2 is 1.85 bits per heavy atom. The van der Waals surface area contributed by atoms with E-state index in [0.717, 1.165) is 10.7 Å². The highest BCUT2D eigenvalue weighted by Crippen LogP contribution is 2.33. The minimum absolute atomic E-state index is 0.0444. The molecule has 0 bridgehead atoms. The highest BCUT2D eigenvalue weighted by Gasteiger charge is 2.35. The van der Waals surface area contributed by atoms with Gasteiger partial charge in [-0.3, -0.25) is 0 Å². The summed E-state index contributed by atoms with van der Waals surface area (Å²) in [6.07, 6.45) is -1.68. The maximum Gasteiger partial charge on any atom is 0.435 e. The van der Waals surface area contributed by atoms with Crippen molar-refractivity contribution < 1.29 is 26.0 Å². The largest absolute Gasteiger partial charge is 0.435 e. The molecule has 0 aliphatic heterocycles. The molecule has 1 unspecified atom stereocenters. The predicted octanol–water partition coefficient (Wildman–Crippen LogP) is 3.22. The van der Waals surface area contributed by atoms with Gasteiger partial charge >= 0.3 is 6.18 Å². The number of aromatic nitrogens is 2. The van der Waals surface area contributed by atoms with Crippen LogP contribution in [0.15, 0.2) is 53.5 Å². The maximum atomic E-state index is 13.2. The van der Waals surface area contributed by atoms with Crippen LogP contribution in [0.25, 0.3) is 11.3 Å². The number of benzene rings is 1. The molecule has 1 atom stereocenters. The molecular formula is C16H13F4N3O2S. The summed E-state index contributed by atoms with van der Waals surface area (Å²) in [5.41, 5.74) is -0.402. The van der Waals surface area contributed by atoms with Crippen molar-refractivity contribution in [3.05, 3.63) is 59.9 Å². The molecule has 2 aromatic rings. The lowest BCUT2D eigenvalue weighted by atomic mass is 10.0. The first-order valence-electron chi connectivity index (χ1n) is 7.39. The maximum absolute atomic E-state index is 13.2. The predicted molar refractivity (Wildman–Crippen MR) is 86.6 cm³/mol. The fourth-order valence-corrected chi connectivity index (χ4v) is 3.00. The lowest BCUT2D eigenvalue weighted by Gasteiger charge is -2.12. The van der Waals surface area contributed by atoms with Crippen molar-refractivity contribution in [2.24, 2.45) is 5.14 Å². The molecule has 10 heteroatoms. The van der Waals surface area contributed by atoms with Crippen LogP contribution in [0, 0.1) is 0 Å². The Kier molecular flexibility index (Phi) is 4.49. The number of primary sulfonamides is 1. The van der Waals surface area contributed by atoms with Crippen LogP contribution in [0.1, 0.15) is 17.8 Å². The minimum Gasteiger partial charge on any atom is -0.243 e. The van der Waals surface area contributed by atoms with Crippen molar-refractivity contribution in [1.82, 2.24) is 9.78 Å². The molecule has 1 heterocycles. The second-order valence-electron chi connectivity index (χ2n) is 5.63. The first-order chi connectivity index (χ1) is 12.1. The number of nitrogens with two attached hydrogens (primary N) is 1. The average molecular weight is 387 g/mol. The minimum atomic E-state index is -4.66. The molecule has 3 rings (SSSR count). The summed E-state index contributed by atoms with van der Waals surface area (Å²) in [6, 6.07) is 5.80. The van der Waals surface area contributed by atoms with E-state index in [0.29, 0.717) is 5.57 Å². The molecule has 0 spiro atoms. The Bertz CT molecular complexity index is 989.